The number of nitrogens with one attached hydrogen (secondary N) is 3. The molecule has 0 saturated carbocycles. The second-order valence-corrected chi connectivity index (χ2v) is 20.2. The number of alkyl halides is 5. The van der Waals surface area contributed by atoms with Crippen LogP contribution in [0.1, 0.15) is 65.0 Å². The molecule has 3 N–H and O–H groups in total. The molecule has 2 aromatic heterocycles. The number of aryl methyl sites for hydroxylation is 3. The number of carbonyl (C=O) groups excluding carboxylic acids is 2. The number of fused-ring (bicyclic) bond motifs is 1. The first-order valence-corrected chi connectivity index (χ1v) is 26.4. The number of methoxy groups -OCH3 is 1. The Bertz CT molecular complexity index is 2790. The van der Waals surface area contributed by atoms with Crippen molar-refractivity contribution < 1.29 is 36.3 Å². The first-order chi connectivity index (χ1) is 33.8. The molecule has 0 saturated heterocycles. The van der Waals surface area contributed by atoms with E-state index in [1.54, 1.807) is 16.9 Å². The highest BCUT2D eigenvalue weighted by Crippen LogP contribution is 2.35. The van der Waals surface area contributed by atoms with Gasteiger partial charge in [0.25, 0.3) is 5.91 Å². The monoisotopic (exact) mass is 1140 g/mol. The molecule has 3 heterocycles. The minimum Gasteiger partial charge on any atom is -0.489 e. The topological polar surface area (TPSA) is 208 Å². The third-order valence-corrected chi connectivity index (χ3v) is 11.7. The van der Waals surface area contributed by atoms with Crippen molar-refractivity contribution in [2.75, 3.05) is 64.2 Å². The zero-order chi connectivity index (χ0) is 54.2. The van der Waals surface area contributed by atoms with Gasteiger partial charge in [0.15, 0.2) is 4.84 Å². The van der Waals surface area contributed by atoms with Crippen LogP contribution in [-0.2, 0) is 30.8 Å². The van der Waals surface area contributed by atoms with Gasteiger partial charge in [-0.2, -0.15) is 28.4 Å². The van der Waals surface area contributed by atoms with Crippen LogP contribution in [0.25, 0.3) is 5.69 Å². The predicted octanol–water partition coefficient (Wildman–Crippen LogP) is 9.96. The Labute approximate surface area is 447 Å². The molecule has 0 radical (unpaired) electrons. The van der Waals surface area contributed by atoms with Gasteiger partial charge in [-0.1, -0.05) is 83.7 Å². The van der Waals surface area contributed by atoms with Crippen molar-refractivity contribution >= 4 is 120 Å². The van der Waals surface area contributed by atoms with Crippen LogP contribution in [0.3, 0.4) is 0 Å². The van der Waals surface area contributed by atoms with Crippen LogP contribution in [0.5, 0.6) is 5.75 Å². The number of carbonyl (C=O) groups is 2. The van der Waals surface area contributed by atoms with Gasteiger partial charge < -0.3 is 29.9 Å². The van der Waals surface area contributed by atoms with Crippen molar-refractivity contribution in [2.45, 2.75) is 91.3 Å². The summed E-state index contributed by atoms with van der Waals surface area (Å²) in [6.07, 6.45) is 1.78. The molecule has 5 aromatic rings. The van der Waals surface area contributed by atoms with Crippen LogP contribution in [0.15, 0.2) is 59.4 Å². The minimum atomic E-state index is -3.65. The number of sulfonamides is 1. The maximum absolute atomic E-state index is 12.8. The van der Waals surface area contributed by atoms with Gasteiger partial charge in [0.05, 0.1) is 57.7 Å². The molecule has 0 aliphatic carbocycles. The molecule has 2 amide bonds. The van der Waals surface area contributed by atoms with Crippen LogP contribution in [0.2, 0.25) is 15.3 Å². The Morgan fingerprint density at radius 3 is 2.17 bits per heavy atom. The molecule has 396 valence electrons. The minimum absolute atomic E-state index is 0.0223. The summed E-state index contributed by atoms with van der Waals surface area (Å²) in [6.45, 7) is 13.8. The van der Waals surface area contributed by atoms with Gasteiger partial charge in [-0.25, -0.2) is 17.8 Å². The lowest BCUT2D eigenvalue weighted by atomic mass is 10.0. The fourth-order valence-corrected chi connectivity index (χ4v) is 8.44. The standard InChI is InChI=1S/C15H22ClNO2.C11H10Cl2F2N4O3S.C11H11Cl2NO2.C8H14ClN5/c1-5-13-8-6-7-11(2)15(13)17(14(18)9-16)12(3)10-19-4;1-5-16-19(11(20)18(5)10(14)15)9-4-8(17-23(2,21)22)6(12)3-7(9)13;1-7-6-16-9-5-3-2-4-8(9)14(7)11(15)10(12)13;1-4-10-7-12-6(9)13-8(14-7)11-5(2)3/h6-8,12H,5,9-10H2,1-4H3;3-4,10,17H,1-2H3;2-5,7,10H,6H2,1H3;5H,4H2,1-3H3,(H2,10,11,12,13,14). The highest BCUT2D eigenvalue weighted by molar-refractivity contribution is 7.92. The van der Waals surface area contributed by atoms with Crippen molar-refractivity contribution in [2.24, 2.45) is 0 Å². The van der Waals surface area contributed by atoms with E-state index < -0.39 is 27.1 Å². The van der Waals surface area contributed by atoms with Gasteiger partial charge in [0.2, 0.25) is 33.1 Å². The lowest BCUT2D eigenvalue weighted by Crippen LogP contribution is -2.47. The summed E-state index contributed by atoms with van der Waals surface area (Å²) in [7, 11) is -2.01. The molecular weight excluding hydrogens is 1090 g/mol. The Morgan fingerprint density at radius 2 is 1.61 bits per heavy atom. The van der Waals surface area contributed by atoms with Gasteiger partial charge >= 0.3 is 12.2 Å². The first kappa shape index (κ1) is 61.6. The first-order valence-electron chi connectivity index (χ1n) is 21.9. The summed E-state index contributed by atoms with van der Waals surface area (Å²) in [5.74, 6) is 1.02. The number of halogens is 8. The van der Waals surface area contributed by atoms with Gasteiger partial charge in [0.1, 0.15) is 24.1 Å². The molecule has 0 fully saturated rings. The smallest absolute Gasteiger partial charge is 0.355 e. The van der Waals surface area contributed by atoms with Gasteiger partial charge in [-0.3, -0.25) is 14.3 Å². The van der Waals surface area contributed by atoms with E-state index in [0.29, 0.717) is 35.5 Å². The molecule has 2 atom stereocenters. The molecule has 0 spiro atoms. The number of aromatic nitrogens is 6. The van der Waals surface area contributed by atoms with Crippen molar-refractivity contribution in [3.63, 3.8) is 0 Å². The van der Waals surface area contributed by atoms with E-state index in [9.17, 15) is 31.6 Å². The Morgan fingerprint density at radius 1 is 0.958 bits per heavy atom. The average molecular weight is 1150 g/mol. The van der Waals surface area contributed by atoms with Crippen LogP contribution in [-0.4, -0.2) is 111 Å². The third kappa shape index (κ3) is 17.5. The van der Waals surface area contributed by atoms with E-state index in [2.05, 4.69) is 48.4 Å². The van der Waals surface area contributed by atoms with Crippen LogP contribution < -0.4 is 35.6 Å². The molecule has 1 aliphatic heterocycles. The third-order valence-electron chi connectivity index (χ3n) is 9.74. The molecule has 2 unspecified atom stereocenters. The van der Waals surface area contributed by atoms with E-state index in [-0.39, 0.29) is 72.9 Å². The highest BCUT2D eigenvalue weighted by atomic mass is 35.5. The molecule has 0 bridgehead atoms. The lowest BCUT2D eigenvalue weighted by molar-refractivity contribution is -0.118. The number of benzene rings is 3. The average Bonchev–Trinajstić information content (AvgIpc) is 3.60. The maximum atomic E-state index is 12.8. The molecule has 27 heteroatoms. The summed E-state index contributed by atoms with van der Waals surface area (Å²) < 4.78 is 62.0. The zero-order valence-corrected chi connectivity index (χ0v) is 46.3. The lowest BCUT2D eigenvalue weighted by Gasteiger charge is -2.35. The van der Waals surface area contributed by atoms with Crippen molar-refractivity contribution in [1.29, 1.82) is 0 Å². The largest absolute Gasteiger partial charge is 0.489 e. The van der Waals surface area contributed by atoms with Crippen molar-refractivity contribution in [3.8, 4) is 11.4 Å². The van der Waals surface area contributed by atoms with E-state index in [4.69, 9.17) is 79.1 Å². The SMILES string of the molecule is CC1COc2ccccc2N1C(=O)C(Cl)Cl.CCNc1nc(Cl)nc(NC(C)C)n1.CCc1cccc(C)c1N(C(=O)CCl)C(C)COC.Cc1nn(-c2cc(NS(C)(=O)=O)c(Cl)cc2Cl)c(=O)n1C(F)F. The number of anilines is 5. The normalized spacial score (nSPS) is 13.3. The summed E-state index contributed by atoms with van der Waals surface area (Å²) in [6, 6.07) is 15.9. The van der Waals surface area contributed by atoms with E-state index >= 15 is 0 Å². The second-order valence-electron chi connectivity index (χ2n) is 15.9. The zero-order valence-electron chi connectivity index (χ0n) is 41.0. The molecule has 18 nitrogen and oxygen atoms in total. The maximum Gasteiger partial charge on any atom is 0.355 e. The van der Waals surface area contributed by atoms with Crippen LogP contribution in [0, 0.1) is 13.8 Å². The Hall–Kier alpha value is -4.74. The fourth-order valence-electron chi connectivity index (χ4n) is 6.81. The number of ether oxygens (including phenoxy) is 2. The number of para-hydroxylation sites is 3. The fraction of sp³-hybridized carbons (Fsp3) is 0.444. The number of nitrogens with zero attached hydrogens (tertiary/aromatic N) is 8. The van der Waals surface area contributed by atoms with Crippen molar-refractivity contribution in [3.05, 3.63) is 97.4 Å². The molecular formula is C45H57Cl6F2N11O7S. The van der Waals surface area contributed by atoms with E-state index in [0.717, 1.165) is 47.8 Å². The van der Waals surface area contributed by atoms with Gasteiger partial charge in [-0.15, -0.1) is 16.7 Å². The van der Waals surface area contributed by atoms with Crippen molar-refractivity contribution in [1.82, 2.24) is 29.3 Å². The summed E-state index contributed by atoms with van der Waals surface area (Å²) in [5, 5.41) is 9.85. The molecule has 6 rings (SSSR count). The predicted molar refractivity (Wildman–Crippen MR) is 285 cm³/mol. The Kier molecular flexibility index (Phi) is 24.5. The molecule has 72 heavy (non-hydrogen) atoms. The quantitative estimate of drug-likeness (QED) is 0.0835. The van der Waals surface area contributed by atoms with Gasteiger partial charge in [-0.05, 0) is 102 Å². The number of amides is 2. The molecule has 3 aromatic carbocycles. The summed E-state index contributed by atoms with van der Waals surface area (Å²) >= 11 is 34.6. The number of hydrogen-bond donors (Lipinski definition) is 3. The Balaban J connectivity index is 0.000000258. The van der Waals surface area contributed by atoms with Gasteiger partial charge in [0, 0.05) is 19.7 Å². The van der Waals surface area contributed by atoms with E-state index in [1.165, 1.54) is 13.0 Å². The second kappa shape index (κ2) is 28.6. The summed E-state index contributed by atoms with van der Waals surface area (Å²) in [5.41, 5.74) is 2.66. The van der Waals surface area contributed by atoms with Crippen LogP contribution >= 0.6 is 69.6 Å². The summed E-state index contributed by atoms with van der Waals surface area (Å²) in [4.78, 5) is 50.4. The molecule has 1 aliphatic rings. The van der Waals surface area contributed by atoms with Crippen LogP contribution in [0.4, 0.5) is 37.7 Å². The number of hydrogen-bond acceptors (Lipinski definition) is 13. The highest BCUT2D eigenvalue weighted by Gasteiger charge is 2.32. The number of rotatable bonds is 15. The van der Waals surface area contributed by atoms with E-state index in [1.807, 2.05) is 77.9 Å².